The van der Waals surface area contributed by atoms with Gasteiger partial charge in [-0.3, -0.25) is 0 Å². The van der Waals surface area contributed by atoms with E-state index in [0.29, 0.717) is 45.0 Å². The molecule has 0 amide bonds. The average molecular weight is 271 g/mol. The van der Waals surface area contributed by atoms with Gasteiger partial charge in [-0.15, -0.1) is 11.6 Å². The number of rotatable bonds is 11. The van der Waals surface area contributed by atoms with Crippen LogP contribution in [-0.4, -0.2) is 47.7 Å². The molecule has 0 N–H and O–H groups in total. The second-order valence-electron chi connectivity index (χ2n) is 3.03. The van der Waals surface area contributed by atoms with Crippen LogP contribution >= 0.6 is 11.6 Å². The van der Waals surface area contributed by atoms with Crippen LogP contribution in [0.15, 0.2) is 0 Å². The lowest BCUT2D eigenvalue weighted by Gasteiger charge is -2.28. The molecule has 0 fully saturated rings. The van der Waals surface area contributed by atoms with Gasteiger partial charge in [-0.05, 0) is 20.8 Å². The minimum Gasteiger partial charge on any atom is -0.380 e. The maximum atomic E-state index is 5.67. The first-order valence-electron chi connectivity index (χ1n) is 5.80. The van der Waals surface area contributed by atoms with Crippen LogP contribution in [0.5, 0.6) is 0 Å². The fourth-order valence-electron chi connectivity index (χ4n) is 1.36. The molecule has 98 valence electrons. The SMILES string of the molecule is CCO[Si](CCOCCCl)(OCC)OCC. The number of ether oxygens (including phenoxy) is 1. The molecular formula is C10H23ClO4Si. The maximum absolute atomic E-state index is 5.67. The van der Waals surface area contributed by atoms with Crippen LogP contribution in [0.2, 0.25) is 6.04 Å². The van der Waals surface area contributed by atoms with Gasteiger partial charge < -0.3 is 18.0 Å². The van der Waals surface area contributed by atoms with Crippen molar-refractivity contribution in [1.29, 1.82) is 0 Å². The minimum absolute atomic E-state index is 0.506. The maximum Gasteiger partial charge on any atom is 0.503 e. The molecule has 0 unspecified atom stereocenters. The van der Waals surface area contributed by atoms with Crippen LogP contribution in [0.1, 0.15) is 20.8 Å². The van der Waals surface area contributed by atoms with Gasteiger partial charge in [0.05, 0.1) is 13.2 Å². The van der Waals surface area contributed by atoms with Crippen molar-refractivity contribution in [2.75, 3.05) is 38.9 Å². The molecule has 0 atom stereocenters. The largest absolute Gasteiger partial charge is 0.503 e. The highest BCUT2D eigenvalue weighted by molar-refractivity contribution is 6.60. The van der Waals surface area contributed by atoms with E-state index < -0.39 is 8.80 Å². The van der Waals surface area contributed by atoms with Gasteiger partial charge in [0.15, 0.2) is 0 Å². The van der Waals surface area contributed by atoms with Crippen molar-refractivity contribution in [1.82, 2.24) is 0 Å². The van der Waals surface area contributed by atoms with E-state index in [9.17, 15) is 0 Å². The summed E-state index contributed by atoms with van der Waals surface area (Å²) in [5.41, 5.74) is 0. The predicted octanol–water partition coefficient (Wildman–Crippen LogP) is 2.29. The van der Waals surface area contributed by atoms with Crippen LogP contribution in [0.3, 0.4) is 0 Å². The Hall–Kier alpha value is 0.347. The summed E-state index contributed by atoms with van der Waals surface area (Å²) in [5, 5.41) is 0. The Morgan fingerprint density at radius 2 is 1.38 bits per heavy atom. The zero-order valence-electron chi connectivity index (χ0n) is 10.5. The van der Waals surface area contributed by atoms with Crippen LogP contribution in [0, 0.1) is 0 Å². The van der Waals surface area contributed by atoms with Gasteiger partial charge in [0, 0.05) is 31.7 Å². The normalized spacial score (nSPS) is 12.0. The summed E-state index contributed by atoms with van der Waals surface area (Å²) in [6.07, 6.45) is 0. The van der Waals surface area contributed by atoms with E-state index in [1.807, 2.05) is 20.8 Å². The molecule has 0 bridgehead atoms. The predicted molar refractivity (Wildman–Crippen MR) is 67.0 cm³/mol. The van der Waals surface area contributed by atoms with Crippen molar-refractivity contribution in [2.24, 2.45) is 0 Å². The smallest absolute Gasteiger partial charge is 0.380 e. The Balaban J connectivity index is 4.12. The Labute approximate surface area is 105 Å². The highest BCUT2D eigenvalue weighted by Crippen LogP contribution is 2.15. The summed E-state index contributed by atoms with van der Waals surface area (Å²) in [5.74, 6) is 0.506. The molecule has 6 heteroatoms. The van der Waals surface area contributed by atoms with Crippen LogP contribution in [0.25, 0.3) is 0 Å². The van der Waals surface area contributed by atoms with Gasteiger partial charge in [-0.25, -0.2) is 0 Å². The van der Waals surface area contributed by atoms with Crippen LogP contribution in [-0.2, 0) is 18.0 Å². The molecule has 0 saturated heterocycles. The zero-order valence-corrected chi connectivity index (χ0v) is 12.2. The third kappa shape index (κ3) is 6.83. The molecule has 0 spiro atoms. The third-order valence-corrected chi connectivity index (χ3v) is 5.02. The lowest BCUT2D eigenvalue weighted by molar-refractivity contribution is 0.0595. The summed E-state index contributed by atoms with van der Waals surface area (Å²) >= 11 is 5.53. The highest BCUT2D eigenvalue weighted by Gasteiger charge is 2.39. The molecular weight excluding hydrogens is 248 g/mol. The van der Waals surface area contributed by atoms with Gasteiger partial charge in [0.25, 0.3) is 0 Å². The molecule has 0 aromatic heterocycles. The molecule has 0 aromatic rings. The summed E-state index contributed by atoms with van der Waals surface area (Å²) in [7, 11) is -2.51. The monoisotopic (exact) mass is 270 g/mol. The van der Waals surface area contributed by atoms with Crippen molar-refractivity contribution >= 4 is 20.4 Å². The molecule has 0 saturated carbocycles. The lowest BCUT2D eigenvalue weighted by atomic mass is 10.8. The van der Waals surface area contributed by atoms with E-state index >= 15 is 0 Å². The first-order chi connectivity index (χ1) is 7.74. The molecule has 0 aromatic carbocycles. The van der Waals surface area contributed by atoms with Crippen molar-refractivity contribution in [3.63, 3.8) is 0 Å². The molecule has 0 aliphatic rings. The Morgan fingerprint density at radius 1 is 0.875 bits per heavy atom. The molecule has 0 aliphatic heterocycles. The zero-order chi connectivity index (χ0) is 12.3. The van der Waals surface area contributed by atoms with Crippen molar-refractivity contribution in [3.8, 4) is 0 Å². The van der Waals surface area contributed by atoms with E-state index in [1.54, 1.807) is 0 Å². The van der Waals surface area contributed by atoms with Crippen molar-refractivity contribution in [3.05, 3.63) is 0 Å². The topological polar surface area (TPSA) is 36.9 Å². The number of halogens is 1. The summed E-state index contributed by atoms with van der Waals surface area (Å²) in [6.45, 7) is 8.75. The molecule has 4 nitrogen and oxygen atoms in total. The van der Waals surface area contributed by atoms with E-state index in [-0.39, 0.29) is 0 Å². The Morgan fingerprint density at radius 3 is 1.75 bits per heavy atom. The van der Waals surface area contributed by atoms with E-state index in [4.69, 9.17) is 29.6 Å². The van der Waals surface area contributed by atoms with Crippen molar-refractivity contribution < 1.29 is 18.0 Å². The fourth-order valence-corrected chi connectivity index (χ4v) is 3.86. The molecule has 0 aliphatic carbocycles. The second kappa shape index (κ2) is 10.5. The van der Waals surface area contributed by atoms with Crippen LogP contribution in [0.4, 0.5) is 0 Å². The fraction of sp³-hybridized carbons (Fsp3) is 1.00. The summed E-state index contributed by atoms with van der Waals surface area (Å²) in [6, 6.07) is 0.680. The Kier molecular flexibility index (Phi) is 10.7. The lowest BCUT2D eigenvalue weighted by Crippen LogP contribution is -2.46. The quantitative estimate of drug-likeness (QED) is 0.328. The number of alkyl halides is 1. The van der Waals surface area contributed by atoms with Gasteiger partial charge in [-0.1, -0.05) is 0 Å². The summed E-state index contributed by atoms with van der Waals surface area (Å²) in [4.78, 5) is 0. The van der Waals surface area contributed by atoms with E-state index in [1.165, 1.54) is 0 Å². The molecule has 0 rings (SSSR count). The van der Waals surface area contributed by atoms with Gasteiger partial charge in [0.1, 0.15) is 0 Å². The van der Waals surface area contributed by atoms with E-state index in [2.05, 4.69) is 0 Å². The standard InChI is InChI=1S/C10H23ClO4Si/c1-4-13-16(14-5-2,15-6-3)10-9-12-8-7-11/h4-10H2,1-3H3. The van der Waals surface area contributed by atoms with E-state index in [0.717, 1.165) is 0 Å². The molecule has 0 radical (unpaired) electrons. The van der Waals surface area contributed by atoms with Crippen molar-refractivity contribution in [2.45, 2.75) is 26.8 Å². The highest BCUT2D eigenvalue weighted by atomic mass is 35.5. The van der Waals surface area contributed by atoms with Crippen LogP contribution < -0.4 is 0 Å². The Bertz CT molecular complexity index is 143. The number of hydrogen-bond acceptors (Lipinski definition) is 4. The average Bonchev–Trinajstić information content (AvgIpc) is 2.26. The summed E-state index contributed by atoms with van der Waals surface area (Å²) < 4.78 is 22.4. The third-order valence-electron chi connectivity index (χ3n) is 1.87. The molecule has 0 heterocycles. The number of hydrogen-bond donors (Lipinski definition) is 0. The minimum atomic E-state index is -2.51. The van der Waals surface area contributed by atoms with Gasteiger partial charge in [-0.2, -0.15) is 0 Å². The second-order valence-corrected chi connectivity index (χ2v) is 6.14. The van der Waals surface area contributed by atoms with Gasteiger partial charge >= 0.3 is 8.80 Å². The molecule has 16 heavy (non-hydrogen) atoms. The first-order valence-corrected chi connectivity index (χ1v) is 8.26. The van der Waals surface area contributed by atoms with Gasteiger partial charge in [0.2, 0.25) is 0 Å². The first kappa shape index (κ1) is 16.3.